The molecule has 78 valence electrons. The van der Waals surface area contributed by atoms with Crippen LogP contribution in [0.1, 0.15) is 13.3 Å². The average Bonchev–Trinajstić information content (AvgIpc) is 2.19. The van der Waals surface area contributed by atoms with Gasteiger partial charge in [-0.3, -0.25) is 0 Å². The van der Waals surface area contributed by atoms with E-state index in [2.05, 4.69) is 5.32 Å². The zero-order valence-electron chi connectivity index (χ0n) is 8.33. The summed E-state index contributed by atoms with van der Waals surface area (Å²) in [7, 11) is 0. The molecule has 1 aromatic rings. The van der Waals surface area contributed by atoms with E-state index >= 15 is 0 Å². The van der Waals surface area contributed by atoms with Crippen molar-refractivity contribution in [3.8, 4) is 0 Å². The van der Waals surface area contributed by atoms with Gasteiger partial charge in [-0.15, -0.1) is 0 Å². The fourth-order valence-corrected chi connectivity index (χ4v) is 1.18. The molecule has 1 rings (SSSR count). The SMILES string of the molecule is CCC(CO)Nc1ccc(N)c(N)c1. The summed E-state index contributed by atoms with van der Waals surface area (Å²) in [6.07, 6.45) is 0.862. The predicted molar refractivity (Wildman–Crippen MR) is 60.1 cm³/mol. The standard InChI is InChI=1S/C10H17N3O/c1-2-7(6-14)13-8-3-4-9(11)10(12)5-8/h3-5,7,13-14H,2,6,11-12H2,1H3. The van der Waals surface area contributed by atoms with Gasteiger partial charge < -0.3 is 21.9 Å². The van der Waals surface area contributed by atoms with E-state index in [0.29, 0.717) is 11.4 Å². The number of nitrogens with one attached hydrogen (secondary N) is 1. The van der Waals surface area contributed by atoms with Gasteiger partial charge in [0.1, 0.15) is 0 Å². The second kappa shape index (κ2) is 4.72. The Morgan fingerprint density at radius 2 is 2.07 bits per heavy atom. The van der Waals surface area contributed by atoms with Gasteiger partial charge in [-0.1, -0.05) is 6.92 Å². The molecule has 0 radical (unpaired) electrons. The van der Waals surface area contributed by atoms with Crippen LogP contribution in [0.4, 0.5) is 17.1 Å². The molecule has 0 bridgehead atoms. The quantitative estimate of drug-likeness (QED) is 0.541. The number of benzene rings is 1. The number of anilines is 3. The minimum atomic E-state index is 0.0676. The van der Waals surface area contributed by atoms with Crippen molar-refractivity contribution in [2.24, 2.45) is 0 Å². The molecule has 0 spiro atoms. The minimum absolute atomic E-state index is 0.0676. The third kappa shape index (κ3) is 2.53. The molecular formula is C10H17N3O. The highest BCUT2D eigenvalue weighted by Gasteiger charge is 2.04. The fourth-order valence-electron chi connectivity index (χ4n) is 1.18. The number of rotatable bonds is 4. The number of aliphatic hydroxyl groups excluding tert-OH is 1. The zero-order chi connectivity index (χ0) is 10.6. The zero-order valence-corrected chi connectivity index (χ0v) is 8.33. The summed E-state index contributed by atoms with van der Waals surface area (Å²) < 4.78 is 0. The van der Waals surface area contributed by atoms with E-state index in [1.54, 1.807) is 12.1 Å². The van der Waals surface area contributed by atoms with Crippen LogP contribution in [0.5, 0.6) is 0 Å². The first-order valence-electron chi connectivity index (χ1n) is 4.69. The second-order valence-corrected chi connectivity index (χ2v) is 3.28. The summed E-state index contributed by atoms with van der Waals surface area (Å²) in [6.45, 7) is 2.12. The van der Waals surface area contributed by atoms with Crippen molar-refractivity contribution in [2.45, 2.75) is 19.4 Å². The smallest absolute Gasteiger partial charge is 0.0632 e. The van der Waals surface area contributed by atoms with Gasteiger partial charge in [-0.05, 0) is 24.6 Å². The van der Waals surface area contributed by atoms with Gasteiger partial charge in [0.05, 0.1) is 18.0 Å². The van der Waals surface area contributed by atoms with Crippen molar-refractivity contribution in [3.63, 3.8) is 0 Å². The Morgan fingerprint density at radius 3 is 2.57 bits per heavy atom. The molecule has 0 heterocycles. The molecule has 0 fully saturated rings. The highest BCUT2D eigenvalue weighted by molar-refractivity contribution is 5.69. The fraction of sp³-hybridized carbons (Fsp3) is 0.400. The van der Waals surface area contributed by atoms with E-state index in [-0.39, 0.29) is 12.6 Å². The normalized spacial score (nSPS) is 12.4. The molecule has 1 aromatic carbocycles. The van der Waals surface area contributed by atoms with Crippen LogP contribution < -0.4 is 16.8 Å². The Kier molecular flexibility index (Phi) is 3.59. The summed E-state index contributed by atoms with van der Waals surface area (Å²) in [5.41, 5.74) is 13.3. The van der Waals surface area contributed by atoms with Gasteiger partial charge in [0.15, 0.2) is 0 Å². The van der Waals surface area contributed by atoms with Crippen molar-refractivity contribution >= 4 is 17.1 Å². The maximum atomic E-state index is 8.99. The Labute approximate surface area is 83.9 Å². The third-order valence-electron chi connectivity index (χ3n) is 2.17. The van der Waals surface area contributed by atoms with E-state index < -0.39 is 0 Å². The highest BCUT2D eigenvalue weighted by Crippen LogP contribution is 2.20. The first-order valence-corrected chi connectivity index (χ1v) is 4.69. The minimum Gasteiger partial charge on any atom is -0.397 e. The molecule has 0 saturated carbocycles. The predicted octanol–water partition coefficient (Wildman–Crippen LogP) is 1.03. The lowest BCUT2D eigenvalue weighted by molar-refractivity contribution is 0.272. The van der Waals surface area contributed by atoms with E-state index in [9.17, 15) is 0 Å². The van der Waals surface area contributed by atoms with Gasteiger partial charge in [-0.25, -0.2) is 0 Å². The molecule has 1 atom stereocenters. The summed E-state index contributed by atoms with van der Waals surface area (Å²) in [5.74, 6) is 0. The summed E-state index contributed by atoms with van der Waals surface area (Å²) in [5, 5.41) is 12.2. The van der Waals surface area contributed by atoms with E-state index in [1.807, 2.05) is 13.0 Å². The molecule has 0 aliphatic heterocycles. The number of nitrogens with two attached hydrogens (primary N) is 2. The van der Waals surface area contributed by atoms with E-state index in [4.69, 9.17) is 16.6 Å². The van der Waals surface area contributed by atoms with Crippen molar-refractivity contribution in [1.82, 2.24) is 0 Å². The lowest BCUT2D eigenvalue weighted by atomic mass is 10.2. The molecule has 4 nitrogen and oxygen atoms in total. The van der Waals surface area contributed by atoms with E-state index in [1.165, 1.54) is 0 Å². The maximum Gasteiger partial charge on any atom is 0.0632 e. The first-order chi connectivity index (χ1) is 6.67. The molecule has 14 heavy (non-hydrogen) atoms. The van der Waals surface area contributed by atoms with Crippen LogP contribution in [0.15, 0.2) is 18.2 Å². The summed E-state index contributed by atoms with van der Waals surface area (Å²) in [6, 6.07) is 5.44. The number of hydrogen-bond acceptors (Lipinski definition) is 4. The van der Waals surface area contributed by atoms with Crippen molar-refractivity contribution in [1.29, 1.82) is 0 Å². The van der Waals surface area contributed by atoms with Crippen molar-refractivity contribution in [3.05, 3.63) is 18.2 Å². The lowest BCUT2D eigenvalue weighted by Gasteiger charge is -2.16. The highest BCUT2D eigenvalue weighted by atomic mass is 16.3. The van der Waals surface area contributed by atoms with Crippen LogP contribution >= 0.6 is 0 Å². The average molecular weight is 195 g/mol. The van der Waals surface area contributed by atoms with Crippen molar-refractivity contribution < 1.29 is 5.11 Å². The maximum absolute atomic E-state index is 8.99. The lowest BCUT2D eigenvalue weighted by Crippen LogP contribution is -2.22. The monoisotopic (exact) mass is 195 g/mol. The molecule has 0 saturated heterocycles. The molecule has 4 heteroatoms. The number of hydrogen-bond donors (Lipinski definition) is 4. The summed E-state index contributed by atoms with van der Waals surface area (Å²) >= 11 is 0. The molecule has 0 aromatic heterocycles. The van der Waals surface area contributed by atoms with Crippen LogP contribution in [0.2, 0.25) is 0 Å². The molecule has 0 aliphatic carbocycles. The van der Waals surface area contributed by atoms with Crippen molar-refractivity contribution in [2.75, 3.05) is 23.4 Å². The van der Waals surface area contributed by atoms with Crippen LogP contribution in [0, 0.1) is 0 Å². The van der Waals surface area contributed by atoms with Gasteiger partial charge in [0.25, 0.3) is 0 Å². The Hall–Kier alpha value is -1.42. The second-order valence-electron chi connectivity index (χ2n) is 3.28. The molecule has 1 unspecified atom stereocenters. The van der Waals surface area contributed by atoms with Crippen LogP contribution in [0.25, 0.3) is 0 Å². The van der Waals surface area contributed by atoms with Crippen LogP contribution in [0.3, 0.4) is 0 Å². The summed E-state index contributed by atoms with van der Waals surface area (Å²) in [4.78, 5) is 0. The van der Waals surface area contributed by atoms with Gasteiger partial charge in [-0.2, -0.15) is 0 Å². The first kappa shape index (κ1) is 10.7. The van der Waals surface area contributed by atoms with Crippen LogP contribution in [-0.2, 0) is 0 Å². The molecule has 0 amide bonds. The number of nitrogen functional groups attached to an aromatic ring is 2. The van der Waals surface area contributed by atoms with Gasteiger partial charge in [0, 0.05) is 11.7 Å². The molecular weight excluding hydrogens is 178 g/mol. The van der Waals surface area contributed by atoms with E-state index in [0.717, 1.165) is 12.1 Å². The van der Waals surface area contributed by atoms with Gasteiger partial charge >= 0.3 is 0 Å². The van der Waals surface area contributed by atoms with Gasteiger partial charge in [0.2, 0.25) is 0 Å². The molecule has 6 N–H and O–H groups in total. The topological polar surface area (TPSA) is 84.3 Å². The third-order valence-corrected chi connectivity index (χ3v) is 2.17. The number of aliphatic hydroxyl groups is 1. The Balaban J connectivity index is 2.72. The van der Waals surface area contributed by atoms with Crippen LogP contribution in [-0.4, -0.2) is 17.8 Å². The Bertz CT molecular complexity index is 297. The largest absolute Gasteiger partial charge is 0.397 e. The Morgan fingerprint density at radius 1 is 1.36 bits per heavy atom. The molecule has 0 aliphatic rings.